The molecule has 0 aliphatic carbocycles. The van der Waals surface area contributed by atoms with Gasteiger partial charge in [-0.2, -0.15) is 0 Å². The number of nitrogens with one attached hydrogen (secondary N) is 1. The molecule has 2 amide bonds. The summed E-state index contributed by atoms with van der Waals surface area (Å²) in [5.74, 6) is 0.548. The lowest BCUT2D eigenvalue weighted by Gasteiger charge is -2.33. The van der Waals surface area contributed by atoms with Gasteiger partial charge in [0.25, 0.3) is 11.8 Å². The SMILES string of the molecule is CCCCN1C(=O)C(C)Oc2ccc(NC(=O)C(C)Oc3ccc(Cl)cc3Cl)cc21. The zero-order chi connectivity index (χ0) is 21.8. The molecule has 1 heterocycles. The summed E-state index contributed by atoms with van der Waals surface area (Å²) in [7, 11) is 0. The van der Waals surface area contributed by atoms with Gasteiger partial charge in [0, 0.05) is 17.3 Å². The maximum absolute atomic E-state index is 12.6. The number of fused-ring (bicyclic) bond motifs is 1. The molecule has 6 nitrogen and oxygen atoms in total. The topological polar surface area (TPSA) is 67.9 Å². The molecule has 0 saturated carbocycles. The first-order chi connectivity index (χ1) is 14.3. The van der Waals surface area contributed by atoms with Crippen LogP contribution in [0.3, 0.4) is 0 Å². The van der Waals surface area contributed by atoms with E-state index in [1.54, 1.807) is 55.1 Å². The number of ether oxygens (including phenoxy) is 2. The standard InChI is InChI=1S/C22H24Cl2N2O4/c1-4-5-10-26-18-12-16(7-9-20(18)30-14(3)22(26)28)25-21(27)13(2)29-19-8-6-15(23)11-17(19)24/h6-9,11-14H,4-5,10H2,1-3H3,(H,25,27). The molecule has 0 fully saturated rings. The minimum atomic E-state index is -0.797. The molecule has 2 atom stereocenters. The van der Waals surface area contributed by atoms with Crippen molar-refractivity contribution in [2.75, 3.05) is 16.8 Å². The summed E-state index contributed by atoms with van der Waals surface area (Å²) in [4.78, 5) is 26.9. The van der Waals surface area contributed by atoms with Crippen LogP contribution >= 0.6 is 23.2 Å². The van der Waals surface area contributed by atoms with Crippen molar-refractivity contribution in [1.29, 1.82) is 0 Å². The van der Waals surface area contributed by atoms with Crippen molar-refractivity contribution in [1.82, 2.24) is 0 Å². The first kappa shape index (κ1) is 22.2. The highest BCUT2D eigenvalue weighted by molar-refractivity contribution is 6.35. The fourth-order valence-electron chi connectivity index (χ4n) is 3.09. The highest BCUT2D eigenvalue weighted by Crippen LogP contribution is 2.36. The summed E-state index contributed by atoms with van der Waals surface area (Å²) in [6.07, 6.45) is 0.509. The Morgan fingerprint density at radius 2 is 2.03 bits per heavy atom. The fourth-order valence-corrected chi connectivity index (χ4v) is 3.54. The van der Waals surface area contributed by atoms with Crippen molar-refractivity contribution in [3.8, 4) is 11.5 Å². The van der Waals surface area contributed by atoms with Crippen LogP contribution in [-0.4, -0.2) is 30.6 Å². The van der Waals surface area contributed by atoms with E-state index < -0.39 is 12.2 Å². The van der Waals surface area contributed by atoms with E-state index in [-0.39, 0.29) is 11.8 Å². The average Bonchev–Trinajstić information content (AvgIpc) is 2.70. The van der Waals surface area contributed by atoms with E-state index in [2.05, 4.69) is 12.2 Å². The van der Waals surface area contributed by atoms with Crippen molar-refractivity contribution < 1.29 is 19.1 Å². The van der Waals surface area contributed by atoms with Gasteiger partial charge >= 0.3 is 0 Å². The molecule has 8 heteroatoms. The summed E-state index contributed by atoms with van der Waals surface area (Å²) >= 11 is 12.0. The zero-order valence-corrected chi connectivity index (χ0v) is 18.6. The summed E-state index contributed by atoms with van der Waals surface area (Å²) in [5, 5.41) is 3.63. The average molecular weight is 451 g/mol. The lowest BCUT2D eigenvalue weighted by atomic mass is 10.1. The van der Waals surface area contributed by atoms with Gasteiger partial charge in [-0.1, -0.05) is 36.5 Å². The highest BCUT2D eigenvalue weighted by atomic mass is 35.5. The number of halogens is 2. The molecular weight excluding hydrogens is 427 g/mol. The minimum absolute atomic E-state index is 0.0893. The lowest BCUT2D eigenvalue weighted by Crippen LogP contribution is -2.44. The van der Waals surface area contributed by atoms with Gasteiger partial charge in [-0.3, -0.25) is 9.59 Å². The molecule has 1 aliphatic rings. The van der Waals surface area contributed by atoms with E-state index >= 15 is 0 Å². The summed E-state index contributed by atoms with van der Waals surface area (Å²) in [6.45, 7) is 6.03. The van der Waals surface area contributed by atoms with Gasteiger partial charge in [-0.15, -0.1) is 0 Å². The van der Waals surface area contributed by atoms with Crippen LogP contribution in [-0.2, 0) is 9.59 Å². The molecular formula is C22H24Cl2N2O4. The number of benzene rings is 2. The van der Waals surface area contributed by atoms with E-state index in [1.807, 2.05) is 0 Å². The van der Waals surface area contributed by atoms with Gasteiger partial charge < -0.3 is 19.7 Å². The molecule has 30 heavy (non-hydrogen) atoms. The maximum atomic E-state index is 12.6. The van der Waals surface area contributed by atoms with Crippen molar-refractivity contribution in [3.05, 3.63) is 46.4 Å². The second-order valence-electron chi connectivity index (χ2n) is 7.11. The second kappa shape index (κ2) is 9.58. The molecule has 0 aromatic heterocycles. The van der Waals surface area contributed by atoms with E-state index in [0.29, 0.717) is 39.5 Å². The molecule has 0 saturated heterocycles. The van der Waals surface area contributed by atoms with Crippen LogP contribution < -0.4 is 19.7 Å². The predicted molar refractivity (Wildman–Crippen MR) is 119 cm³/mol. The molecule has 1 N–H and O–H groups in total. The minimum Gasteiger partial charge on any atom is -0.479 e. The Kier molecular flexibility index (Phi) is 7.10. The molecule has 2 aromatic rings. The number of unbranched alkanes of at least 4 members (excludes halogenated alkanes) is 1. The summed E-state index contributed by atoms with van der Waals surface area (Å²) in [5.41, 5.74) is 1.20. The number of carbonyl (C=O) groups excluding carboxylic acids is 2. The van der Waals surface area contributed by atoms with E-state index in [4.69, 9.17) is 32.7 Å². The third-order valence-corrected chi connectivity index (χ3v) is 5.27. The van der Waals surface area contributed by atoms with Crippen LogP contribution in [0.25, 0.3) is 0 Å². The van der Waals surface area contributed by atoms with E-state index in [1.165, 1.54) is 0 Å². The number of amides is 2. The van der Waals surface area contributed by atoms with Crippen LogP contribution in [0.1, 0.15) is 33.6 Å². The van der Waals surface area contributed by atoms with Crippen LogP contribution in [0.4, 0.5) is 11.4 Å². The summed E-state index contributed by atoms with van der Waals surface area (Å²) in [6, 6.07) is 10.0. The quantitative estimate of drug-likeness (QED) is 0.619. The highest BCUT2D eigenvalue weighted by Gasteiger charge is 2.31. The number of rotatable bonds is 7. The molecule has 2 unspecified atom stereocenters. The zero-order valence-electron chi connectivity index (χ0n) is 17.1. The smallest absolute Gasteiger partial charge is 0.267 e. The molecule has 1 aliphatic heterocycles. The van der Waals surface area contributed by atoms with Crippen molar-refractivity contribution in [2.24, 2.45) is 0 Å². The van der Waals surface area contributed by atoms with Crippen LogP contribution in [0, 0.1) is 0 Å². The Morgan fingerprint density at radius 3 is 2.73 bits per heavy atom. The monoisotopic (exact) mass is 450 g/mol. The first-order valence-electron chi connectivity index (χ1n) is 9.84. The third kappa shape index (κ3) is 4.99. The first-order valence-corrected chi connectivity index (χ1v) is 10.6. The van der Waals surface area contributed by atoms with Gasteiger partial charge in [0.1, 0.15) is 11.5 Å². The number of carbonyl (C=O) groups is 2. The van der Waals surface area contributed by atoms with Crippen molar-refractivity contribution >= 4 is 46.4 Å². The Bertz CT molecular complexity index is 951. The molecule has 0 radical (unpaired) electrons. The molecule has 2 aromatic carbocycles. The van der Waals surface area contributed by atoms with Crippen LogP contribution in [0.5, 0.6) is 11.5 Å². The molecule has 0 spiro atoms. The Hall–Kier alpha value is -2.44. The van der Waals surface area contributed by atoms with Gasteiger partial charge in [-0.25, -0.2) is 0 Å². The van der Waals surface area contributed by atoms with E-state index in [0.717, 1.165) is 12.8 Å². The Labute approximate surface area is 186 Å². The third-order valence-electron chi connectivity index (χ3n) is 4.74. The number of nitrogens with zero attached hydrogens (tertiary/aromatic N) is 1. The molecule has 0 bridgehead atoms. The molecule has 3 rings (SSSR count). The second-order valence-corrected chi connectivity index (χ2v) is 7.95. The van der Waals surface area contributed by atoms with E-state index in [9.17, 15) is 9.59 Å². The summed E-state index contributed by atoms with van der Waals surface area (Å²) < 4.78 is 11.4. The normalized spacial score (nSPS) is 16.5. The van der Waals surface area contributed by atoms with Crippen LogP contribution in [0.15, 0.2) is 36.4 Å². The largest absolute Gasteiger partial charge is 0.479 e. The lowest BCUT2D eigenvalue weighted by molar-refractivity contribution is -0.125. The van der Waals surface area contributed by atoms with Gasteiger partial charge in [0.2, 0.25) is 0 Å². The predicted octanol–water partition coefficient (Wildman–Crippen LogP) is 5.31. The van der Waals surface area contributed by atoms with Gasteiger partial charge in [-0.05, 0) is 56.7 Å². The number of anilines is 2. The number of hydrogen-bond acceptors (Lipinski definition) is 4. The van der Waals surface area contributed by atoms with Gasteiger partial charge in [0.05, 0.1) is 10.7 Å². The van der Waals surface area contributed by atoms with Gasteiger partial charge in [0.15, 0.2) is 12.2 Å². The fraction of sp³-hybridized carbons (Fsp3) is 0.364. The van der Waals surface area contributed by atoms with Crippen LogP contribution in [0.2, 0.25) is 10.0 Å². The van der Waals surface area contributed by atoms with Crippen molar-refractivity contribution in [2.45, 2.75) is 45.8 Å². The molecule has 160 valence electrons. The van der Waals surface area contributed by atoms with Crippen molar-refractivity contribution in [3.63, 3.8) is 0 Å². The number of hydrogen-bond donors (Lipinski definition) is 1. The Balaban J connectivity index is 1.74. The Morgan fingerprint density at radius 1 is 1.27 bits per heavy atom. The maximum Gasteiger partial charge on any atom is 0.267 e.